The molecule has 1 aliphatic rings. The predicted octanol–water partition coefficient (Wildman–Crippen LogP) is 1.40. The summed E-state index contributed by atoms with van der Waals surface area (Å²) in [5.74, 6) is 0.537. The minimum atomic E-state index is -2.88. The second kappa shape index (κ2) is 5.66. The van der Waals surface area contributed by atoms with Gasteiger partial charge in [-0.25, -0.2) is 8.42 Å². The highest BCUT2D eigenvalue weighted by Crippen LogP contribution is 2.30. The number of carbonyl (C=O) groups excluding carboxylic acids is 1. The Morgan fingerprint density at radius 1 is 1.25 bits per heavy atom. The maximum Gasteiger partial charge on any atom is 0.308 e. The molecule has 0 unspecified atom stereocenters. The third kappa shape index (κ3) is 3.77. The molecule has 4 nitrogen and oxygen atoms in total. The molecule has 0 aliphatic heterocycles. The summed E-state index contributed by atoms with van der Waals surface area (Å²) in [6.07, 6.45) is 3.16. The average molecular weight is 248 g/mol. The molecule has 0 radical (unpaired) electrons. The van der Waals surface area contributed by atoms with E-state index in [2.05, 4.69) is 4.74 Å². The molecule has 0 N–H and O–H groups in total. The van der Waals surface area contributed by atoms with E-state index in [1.54, 1.807) is 6.92 Å². The summed E-state index contributed by atoms with van der Waals surface area (Å²) in [5.41, 5.74) is 0. The number of sulfone groups is 1. The normalized spacial score (nSPS) is 26.4. The van der Waals surface area contributed by atoms with Gasteiger partial charge in [0.25, 0.3) is 0 Å². The lowest BCUT2D eigenvalue weighted by Gasteiger charge is -2.26. The zero-order valence-corrected chi connectivity index (χ0v) is 10.8. The molecule has 0 saturated heterocycles. The van der Waals surface area contributed by atoms with E-state index in [0.29, 0.717) is 0 Å². The molecule has 16 heavy (non-hydrogen) atoms. The zero-order chi connectivity index (χ0) is 12.2. The van der Waals surface area contributed by atoms with Gasteiger partial charge >= 0.3 is 5.97 Å². The first-order chi connectivity index (χ1) is 7.48. The molecule has 1 aliphatic carbocycles. The first-order valence-corrected chi connectivity index (χ1v) is 7.59. The van der Waals surface area contributed by atoms with E-state index in [0.717, 1.165) is 25.7 Å². The van der Waals surface area contributed by atoms with Gasteiger partial charge in [-0.05, 0) is 31.6 Å². The third-order valence-electron chi connectivity index (χ3n) is 3.31. The minimum Gasteiger partial charge on any atom is -0.469 e. The Kier molecular flexibility index (Phi) is 4.77. The lowest BCUT2D eigenvalue weighted by atomic mass is 9.83. The van der Waals surface area contributed by atoms with Gasteiger partial charge in [-0.1, -0.05) is 6.92 Å². The molecule has 94 valence electrons. The van der Waals surface area contributed by atoms with Gasteiger partial charge in [0, 0.05) is 5.75 Å². The van der Waals surface area contributed by atoms with Crippen LogP contribution in [0.25, 0.3) is 0 Å². The molecule has 0 spiro atoms. The summed E-state index contributed by atoms with van der Waals surface area (Å²) >= 11 is 0. The zero-order valence-electron chi connectivity index (χ0n) is 9.94. The topological polar surface area (TPSA) is 60.4 Å². The van der Waals surface area contributed by atoms with Gasteiger partial charge < -0.3 is 4.74 Å². The van der Waals surface area contributed by atoms with Crippen LogP contribution in [0.5, 0.6) is 0 Å². The molecular weight excluding hydrogens is 228 g/mol. The van der Waals surface area contributed by atoms with Gasteiger partial charge in [-0.15, -0.1) is 0 Å². The number of esters is 1. The van der Waals surface area contributed by atoms with Gasteiger partial charge in [0.05, 0.1) is 18.8 Å². The first kappa shape index (κ1) is 13.5. The van der Waals surface area contributed by atoms with Crippen LogP contribution in [0.2, 0.25) is 0 Å². The molecule has 0 aromatic heterocycles. The maximum atomic E-state index is 11.4. The standard InChI is InChI=1S/C11H20O4S/c1-3-16(13,14)8-9-4-6-10(7-5-9)11(12)15-2/h9-10H,3-8H2,1-2H3. The van der Waals surface area contributed by atoms with Crippen molar-refractivity contribution in [2.24, 2.45) is 11.8 Å². The number of hydrogen-bond donors (Lipinski definition) is 0. The Hall–Kier alpha value is -0.580. The van der Waals surface area contributed by atoms with Crippen molar-refractivity contribution in [3.63, 3.8) is 0 Å². The van der Waals surface area contributed by atoms with Crippen molar-refractivity contribution in [3.05, 3.63) is 0 Å². The van der Waals surface area contributed by atoms with Crippen LogP contribution in [0.4, 0.5) is 0 Å². The summed E-state index contributed by atoms with van der Waals surface area (Å²) in [6.45, 7) is 1.68. The summed E-state index contributed by atoms with van der Waals surface area (Å²) in [7, 11) is -1.48. The van der Waals surface area contributed by atoms with Crippen molar-refractivity contribution in [2.45, 2.75) is 32.6 Å². The molecule has 1 saturated carbocycles. The minimum absolute atomic E-state index is 0.0226. The third-order valence-corrected chi connectivity index (χ3v) is 5.17. The maximum absolute atomic E-state index is 11.4. The van der Waals surface area contributed by atoms with Crippen LogP contribution in [0.15, 0.2) is 0 Å². The van der Waals surface area contributed by atoms with Crippen molar-refractivity contribution in [1.29, 1.82) is 0 Å². The van der Waals surface area contributed by atoms with Gasteiger partial charge in [-0.2, -0.15) is 0 Å². The van der Waals surface area contributed by atoms with E-state index in [4.69, 9.17) is 0 Å². The quantitative estimate of drug-likeness (QED) is 0.706. The van der Waals surface area contributed by atoms with Crippen molar-refractivity contribution in [1.82, 2.24) is 0 Å². The number of methoxy groups -OCH3 is 1. The van der Waals surface area contributed by atoms with E-state index >= 15 is 0 Å². The lowest BCUT2D eigenvalue weighted by molar-refractivity contribution is -0.146. The van der Waals surface area contributed by atoms with Crippen molar-refractivity contribution >= 4 is 15.8 Å². The Balaban J connectivity index is 2.41. The van der Waals surface area contributed by atoms with Gasteiger partial charge in [-0.3, -0.25) is 4.79 Å². The van der Waals surface area contributed by atoms with Crippen molar-refractivity contribution < 1.29 is 17.9 Å². The second-order valence-electron chi connectivity index (χ2n) is 4.44. The molecule has 0 atom stereocenters. The molecule has 0 heterocycles. The number of rotatable bonds is 4. The lowest BCUT2D eigenvalue weighted by Crippen LogP contribution is -2.27. The van der Waals surface area contributed by atoms with E-state index in [1.807, 2.05) is 0 Å². The van der Waals surface area contributed by atoms with Gasteiger partial charge in [0.1, 0.15) is 9.84 Å². The van der Waals surface area contributed by atoms with E-state index < -0.39 is 9.84 Å². The Bertz CT molecular complexity index is 326. The summed E-state index contributed by atoms with van der Waals surface area (Å²) in [4.78, 5) is 11.3. The van der Waals surface area contributed by atoms with Crippen LogP contribution >= 0.6 is 0 Å². The molecule has 1 fully saturated rings. The van der Waals surface area contributed by atoms with Crippen LogP contribution < -0.4 is 0 Å². The molecule has 0 aromatic carbocycles. The Morgan fingerprint density at radius 2 is 1.81 bits per heavy atom. The second-order valence-corrected chi connectivity index (χ2v) is 6.84. The molecular formula is C11H20O4S. The van der Waals surface area contributed by atoms with Crippen LogP contribution in [0.1, 0.15) is 32.6 Å². The van der Waals surface area contributed by atoms with Crippen molar-refractivity contribution in [3.8, 4) is 0 Å². The predicted molar refractivity (Wildman–Crippen MR) is 61.8 cm³/mol. The van der Waals surface area contributed by atoms with Gasteiger partial charge in [0.15, 0.2) is 0 Å². The van der Waals surface area contributed by atoms with E-state index in [1.165, 1.54) is 7.11 Å². The summed E-state index contributed by atoms with van der Waals surface area (Å²) < 4.78 is 27.6. The van der Waals surface area contributed by atoms with Crippen LogP contribution in [-0.4, -0.2) is 33.0 Å². The summed E-state index contributed by atoms with van der Waals surface area (Å²) in [5, 5.41) is 0. The highest BCUT2D eigenvalue weighted by molar-refractivity contribution is 7.91. The monoisotopic (exact) mass is 248 g/mol. The Labute approximate surface area is 97.3 Å². The van der Waals surface area contributed by atoms with Crippen LogP contribution in [0.3, 0.4) is 0 Å². The first-order valence-electron chi connectivity index (χ1n) is 5.76. The largest absolute Gasteiger partial charge is 0.469 e. The number of ether oxygens (including phenoxy) is 1. The fraction of sp³-hybridized carbons (Fsp3) is 0.909. The molecule has 0 bridgehead atoms. The fourth-order valence-corrected chi connectivity index (χ4v) is 3.50. The molecule has 5 heteroatoms. The number of hydrogen-bond acceptors (Lipinski definition) is 4. The fourth-order valence-electron chi connectivity index (χ4n) is 2.21. The van der Waals surface area contributed by atoms with Crippen LogP contribution in [0, 0.1) is 11.8 Å². The van der Waals surface area contributed by atoms with E-state index in [9.17, 15) is 13.2 Å². The molecule has 1 rings (SSSR count). The highest BCUT2D eigenvalue weighted by Gasteiger charge is 2.28. The highest BCUT2D eigenvalue weighted by atomic mass is 32.2. The Morgan fingerprint density at radius 3 is 2.25 bits per heavy atom. The van der Waals surface area contributed by atoms with Gasteiger partial charge in [0.2, 0.25) is 0 Å². The SMILES string of the molecule is CCS(=O)(=O)CC1CCC(C(=O)OC)CC1. The smallest absolute Gasteiger partial charge is 0.308 e. The average Bonchev–Trinajstić information content (AvgIpc) is 2.28. The van der Waals surface area contributed by atoms with Crippen LogP contribution in [-0.2, 0) is 19.4 Å². The van der Waals surface area contributed by atoms with Crippen molar-refractivity contribution in [2.75, 3.05) is 18.6 Å². The van der Waals surface area contributed by atoms with E-state index in [-0.39, 0.29) is 29.3 Å². The molecule has 0 aromatic rings. The molecule has 0 amide bonds. The summed E-state index contributed by atoms with van der Waals surface area (Å²) in [6, 6.07) is 0. The number of carbonyl (C=O) groups is 1.